The molecule has 15 heteroatoms. The average Bonchev–Trinajstić information content (AvgIpc) is 2.86. The monoisotopic (exact) mass is 602 g/mol. The first-order valence-electron chi connectivity index (χ1n) is 8.85. The van der Waals surface area contributed by atoms with Crippen molar-refractivity contribution in [1.29, 1.82) is 0 Å². The number of benzene rings is 2. The Morgan fingerprint density at radius 3 is 0.771 bits per heavy atom. The summed E-state index contributed by atoms with van der Waals surface area (Å²) >= 11 is 0. The smallest absolute Gasteiger partial charge is 0.167 e. The minimum Gasteiger partial charge on any atom is -0.400 e. The van der Waals surface area contributed by atoms with Gasteiger partial charge in [0.1, 0.15) is 0 Å². The molecule has 0 fully saturated rings. The number of methoxy groups -OCH3 is 2. The fourth-order valence-electron chi connectivity index (χ4n) is 2.26. The summed E-state index contributed by atoms with van der Waals surface area (Å²) in [5.74, 6) is -12.5. The van der Waals surface area contributed by atoms with E-state index in [2.05, 4.69) is 9.47 Å². The van der Waals surface area contributed by atoms with Crippen molar-refractivity contribution >= 4 is 0 Å². The second kappa shape index (κ2) is 19.7. The molecule has 0 aliphatic rings. The predicted molar refractivity (Wildman–Crippen MR) is 102 cm³/mol. The standard InChI is InChI=1S/2C9H8F4O2.2CH4O.Zr/c2*1-15-3-5-8(12)6(10)4(2-14)7(11)9(5)13;2*1-2;/h2*14H,2-3H2,1H3;2*2H,1H3;. The van der Waals surface area contributed by atoms with Gasteiger partial charge in [-0.25, -0.2) is 35.1 Å². The molecule has 0 saturated heterocycles. The minimum absolute atomic E-state index is 0. The normalized spacial score (nSPS) is 9.60. The van der Waals surface area contributed by atoms with Crippen molar-refractivity contribution in [2.24, 2.45) is 0 Å². The van der Waals surface area contributed by atoms with E-state index >= 15 is 0 Å². The molecule has 2 aromatic carbocycles. The zero-order chi connectivity index (χ0) is 27.2. The van der Waals surface area contributed by atoms with Crippen molar-refractivity contribution in [2.75, 3.05) is 28.4 Å². The summed E-state index contributed by atoms with van der Waals surface area (Å²) in [6.07, 6.45) is 0. The van der Waals surface area contributed by atoms with Crippen LogP contribution in [0.1, 0.15) is 22.3 Å². The number of ether oxygens (including phenoxy) is 2. The van der Waals surface area contributed by atoms with Crippen LogP contribution in [0.5, 0.6) is 0 Å². The summed E-state index contributed by atoms with van der Waals surface area (Å²) in [7, 11) is 4.27. The second-order valence-electron chi connectivity index (χ2n) is 5.61. The van der Waals surface area contributed by atoms with Gasteiger partial charge >= 0.3 is 0 Å². The van der Waals surface area contributed by atoms with Gasteiger partial charge in [-0.2, -0.15) is 0 Å². The third kappa shape index (κ3) is 9.48. The first-order chi connectivity index (χ1) is 16.1. The van der Waals surface area contributed by atoms with Gasteiger partial charge in [-0.15, -0.1) is 0 Å². The maximum atomic E-state index is 13.1. The van der Waals surface area contributed by atoms with E-state index in [4.69, 9.17) is 20.4 Å². The molecule has 0 spiro atoms. The maximum absolute atomic E-state index is 13.1. The van der Waals surface area contributed by atoms with Crippen LogP contribution in [0.25, 0.3) is 0 Å². The van der Waals surface area contributed by atoms with Crippen LogP contribution < -0.4 is 0 Å². The van der Waals surface area contributed by atoms with Gasteiger partial charge in [-0.05, 0) is 0 Å². The average molecular weight is 604 g/mol. The number of halogens is 8. The van der Waals surface area contributed by atoms with Gasteiger partial charge in [0.25, 0.3) is 0 Å². The molecule has 6 nitrogen and oxygen atoms in total. The van der Waals surface area contributed by atoms with E-state index in [0.717, 1.165) is 28.4 Å². The first-order valence-corrected chi connectivity index (χ1v) is 8.85. The van der Waals surface area contributed by atoms with Crippen molar-refractivity contribution in [3.8, 4) is 0 Å². The van der Waals surface area contributed by atoms with E-state index in [1.54, 1.807) is 0 Å². The van der Waals surface area contributed by atoms with E-state index in [1.165, 1.54) is 0 Å². The molecule has 4 N–H and O–H groups in total. The summed E-state index contributed by atoms with van der Waals surface area (Å²) in [5, 5.41) is 31.0. The zero-order valence-corrected chi connectivity index (χ0v) is 21.4. The van der Waals surface area contributed by atoms with E-state index < -0.39 is 95.2 Å². The molecule has 0 aliphatic carbocycles. The largest absolute Gasteiger partial charge is 0.400 e. The first kappa shape index (κ1) is 38.1. The minimum atomic E-state index is -1.59. The van der Waals surface area contributed by atoms with Gasteiger partial charge in [0.2, 0.25) is 0 Å². The molecule has 35 heavy (non-hydrogen) atoms. The Morgan fingerprint density at radius 1 is 0.457 bits per heavy atom. The van der Waals surface area contributed by atoms with Crippen LogP contribution in [0.3, 0.4) is 0 Å². The van der Waals surface area contributed by atoms with Crippen molar-refractivity contribution in [3.63, 3.8) is 0 Å². The molecule has 200 valence electrons. The number of hydrogen-bond acceptors (Lipinski definition) is 6. The van der Waals surface area contributed by atoms with Crippen LogP contribution in [-0.4, -0.2) is 48.9 Å². The molecule has 0 saturated carbocycles. The maximum Gasteiger partial charge on any atom is 0.167 e. The molecule has 0 atom stereocenters. The third-order valence-electron chi connectivity index (χ3n) is 3.78. The molecule has 0 radical (unpaired) electrons. The molecule has 2 aromatic rings. The van der Waals surface area contributed by atoms with Gasteiger partial charge in [0.05, 0.1) is 48.7 Å². The van der Waals surface area contributed by atoms with Crippen LogP contribution in [0.15, 0.2) is 0 Å². The number of aliphatic hydroxyl groups is 4. The Bertz CT molecular complexity index is 787. The molecule has 0 bridgehead atoms. The van der Waals surface area contributed by atoms with Crippen LogP contribution in [0.2, 0.25) is 0 Å². The van der Waals surface area contributed by atoms with Crippen LogP contribution in [0.4, 0.5) is 35.1 Å². The van der Waals surface area contributed by atoms with Crippen molar-refractivity contribution < 1.29 is 91.2 Å². The van der Waals surface area contributed by atoms with Gasteiger partial charge in [0, 0.05) is 54.6 Å². The van der Waals surface area contributed by atoms with Crippen molar-refractivity contribution in [1.82, 2.24) is 0 Å². The van der Waals surface area contributed by atoms with Gasteiger partial charge in [-0.3, -0.25) is 0 Å². The molecule has 0 amide bonds. The fourth-order valence-corrected chi connectivity index (χ4v) is 2.26. The second-order valence-corrected chi connectivity index (χ2v) is 5.61. The molecule has 2 rings (SSSR count). The van der Waals surface area contributed by atoms with Crippen molar-refractivity contribution in [2.45, 2.75) is 26.4 Å². The van der Waals surface area contributed by atoms with Crippen LogP contribution in [-0.2, 0) is 62.1 Å². The summed E-state index contributed by atoms with van der Waals surface area (Å²) in [6, 6.07) is 0. The number of hydrogen-bond donors (Lipinski definition) is 4. The van der Waals surface area contributed by atoms with Crippen molar-refractivity contribution in [3.05, 3.63) is 68.8 Å². The Morgan fingerprint density at radius 2 is 0.629 bits per heavy atom. The molecule has 0 unspecified atom stereocenters. The molecule has 0 heterocycles. The number of aliphatic hydroxyl groups excluding tert-OH is 4. The predicted octanol–water partition coefficient (Wildman–Crippen LogP) is 2.98. The van der Waals surface area contributed by atoms with E-state index in [1.807, 2.05) is 0 Å². The Hall–Kier alpha value is -1.48. The SMILES string of the molecule is CO.CO.COCc1c(F)c(F)c(CO)c(F)c1F.COCc1c(F)c(F)c(CO)c(F)c1F.[Zr]. The molecular formula is C20H24F8O6Zr. The number of rotatable bonds is 6. The summed E-state index contributed by atoms with van der Waals surface area (Å²) in [4.78, 5) is 0. The fraction of sp³-hybridized carbons (Fsp3) is 0.400. The summed E-state index contributed by atoms with van der Waals surface area (Å²) in [6.45, 7) is -3.40. The van der Waals surface area contributed by atoms with Crippen LogP contribution in [0, 0.1) is 46.5 Å². The van der Waals surface area contributed by atoms with Gasteiger partial charge < -0.3 is 29.9 Å². The van der Waals surface area contributed by atoms with Gasteiger partial charge in [-0.1, -0.05) is 0 Å². The zero-order valence-electron chi connectivity index (χ0n) is 19.0. The summed E-state index contributed by atoms with van der Waals surface area (Å²) in [5.41, 5.74) is -3.70. The Kier molecular flexibility index (Phi) is 21.4. The quantitative estimate of drug-likeness (QED) is 0.300. The van der Waals surface area contributed by atoms with Gasteiger partial charge in [0.15, 0.2) is 46.5 Å². The van der Waals surface area contributed by atoms with E-state index in [9.17, 15) is 35.1 Å². The topological polar surface area (TPSA) is 99.4 Å². The van der Waals surface area contributed by atoms with E-state index in [0.29, 0.717) is 0 Å². The summed E-state index contributed by atoms with van der Waals surface area (Å²) < 4.78 is 113. The van der Waals surface area contributed by atoms with E-state index in [-0.39, 0.29) is 26.2 Å². The molecule has 0 aliphatic heterocycles. The van der Waals surface area contributed by atoms with Crippen LogP contribution >= 0.6 is 0 Å². The molecular weight excluding hydrogens is 579 g/mol. The third-order valence-corrected chi connectivity index (χ3v) is 3.78. The molecule has 0 aromatic heterocycles. The Labute approximate surface area is 214 Å². The Balaban J connectivity index is -0.000000499.